The Bertz CT molecular complexity index is 804. The lowest BCUT2D eigenvalue weighted by atomic mass is 9.86. The molecule has 2 aromatic rings. The minimum absolute atomic E-state index is 0.0536. The highest BCUT2D eigenvalue weighted by Crippen LogP contribution is 2.42. The number of likely N-dealkylation sites (tertiary alicyclic amines) is 1. The molecule has 0 bridgehead atoms. The average Bonchev–Trinajstić information content (AvgIpc) is 3.29. The Labute approximate surface area is 175 Å². The quantitative estimate of drug-likeness (QED) is 0.708. The van der Waals surface area contributed by atoms with Crippen LogP contribution in [0.2, 0.25) is 0 Å². The number of carbonyl (C=O) groups is 1. The zero-order chi connectivity index (χ0) is 20.4. The molecule has 1 amide bonds. The molecule has 3 heteroatoms. The van der Waals surface area contributed by atoms with E-state index >= 15 is 0 Å². The van der Waals surface area contributed by atoms with Gasteiger partial charge in [-0.2, -0.15) is 0 Å². The summed E-state index contributed by atoms with van der Waals surface area (Å²) < 4.78 is 0. The van der Waals surface area contributed by atoms with E-state index in [2.05, 4.69) is 66.1 Å². The van der Waals surface area contributed by atoms with E-state index in [-0.39, 0.29) is 5.92 Å². The normalized spacial score (nSPS) is 25.2. The summed E-state index contributed by atoms with van der Waals surface area (Å²) in [5, 5.41) is 0. The van der Waals surface area contributed by atoms with Crippen molar-refractivity contribution in [2.45, 2.75) is 45.2 Å². The Morgan fingerprint density at radius 2 is 1.66 bits per heavy atom. The summed E-state index contributed by atoms with van der Waals surface area (Å²) >= 11 is 0. The average molecular weight is 391 g/mol. The van der Waals surface area contributed by atoms with E-state index in [1.54, 1.807) is 0 Å². The molecule has 0 aromatic heterocycles. The van der Waals surface area contributed by atoms with Crippen LogP contribution >= 0.6 is 0 Å². The van der Waals surface area contributed by atoms with Crippen LogP contribution in [0.4, 0.5) is 0 Å². The van der Waals surface area contributed by atoms with Gasteiger partial charge in [-0.3, -0.25) is 9.69 Å². The number of benzene rings is 2. The maximum absolute atomic E-state index is 13.5. The zero-order valence-corrected chi connectivity index (χ0v) is 18.0. The molecule has 1 unspecified atom stereocenters. The minimum Gasteiger partial charge on any atom is -0.342 e. The first-order chi connectivity index (χ1) is 14.0. The van der Waals surface area contributed by atoms with Crippen LogP contribution in [0.15, 0.2) is 60.7 Å². The van der Waals surface area contributed by atoms with Crippen LogP contribution in [0.3, 0.4) is 0 Å². The molecule has 0 spiro atoms. The largest absolute Gasteiger partial charge is 0.342 e. The van der Waals surface area contributed by atoms with Crippen LogP contribution in [0.5, 0.6) is 0 Å². The number of fused-ring (bicyclic) bond motifs is 1. The molecule has 29 heavy (non-hydrogen) atoms. The predicted molar refractivity (Wildman–Crippen MR) is 119 cm³/mol. The number of likely N-dealkylation sites (N-methyl/N-ethyl adjacent to an activating group) is 1. The van der Waals surface area contributed by atoms with Crippen molar-refractivity contribution in [2.75, 3.05) is 20.1 Å². The van der Waals surface area contributed by atoms with Gasteiger partial charge in [0.1, 0.15) is 0 Å². The lowest BCUT2D eigenvalue weighted by molar-refractivity contribution is -0.135. The Hall–Kier alpha value is -2.13. The van der Waals surface area contributed by atoms with E-state index in [1.165, 1.54) is 18.5 Å². The SMILES string of the molecule is CC(C)C(C(=O)N(C)[C@H]1CC[C@@H]2CN(Cc3ccccc3)C[C@H]21)c1ccccc1. The predicted octanol–water partition coefficient (Wildman–Crippen LogP) is 4.80. The summed E-state index contributed by atoms with van der Waals surface area (Å²) in [6, 6.07) is 21.4. The number of rotatable bonds is 6. The lowest BCUT2D eigenvalue weighted by Crippen LogP contribution is -2.44. The van der Waals surface area contributed by atoms with Crippen LogP contribution in [0.25, 0.3) is 0 Å². The van der Waals surface area contributed by atoms with Crippen LogP contribution in [-0.4, -0.2) is 41.9 Å². The number of nitrogens with zero attached hydrogens (tertiary/aromatic N) is 2. The number of hydrogen-bond acceptors (Lipinski definition) is 2. The van der Waals surface area contributed by atoms with Crippen LogP contribution in [0, 0.1) is 17.8 Å². The van der Waals surface area contributed by atoms with Crippen molar-refractivity contribution >= 4 is 5.91 Å². The number of hydrogen-bond donors (Lipinski definition) is 0. The van der Waals surface area contributed by atoms with Crippen molar-refractivity contribution < 1.29 is 4.79 Å². The topological polar surface area (TPSA) is 23.6 Å². The van der Waals surface area contributed by atoms with Gasteiger partial charge in [0.2, 0.25) is 5.91 Å². The van der Waals surface area contributed by atoms with Gasteiger partial charge in [-0.15, -0.1) is 0 Å². The summed E-state index contributed by atoms with van der Waals surface area (Å²) in [6.07, 6.45) is 2.40. The van der Waals surface area contributed by atoms with Crippen molar-refractivity contribution in [3.63, 3.8) is 0 Å². The Balaban J connectivity index is 1.45. The molecule has 2 aromatic carbocycles. The van der Waals surface area contributed by atoms with Crippen molar-refractivity contribution in [3.05, 3.63) is 71.8 Å². The van der Waals surface area contributed by atoms with Crippen LogP contribution in [-0.2, 0) is 11.3 Å². The Kier molecular flexibility index (Phi) is 6.05. The first kappa shape index (κ1) is 20.2. The summed E-state index contributed by atoms with van der Waals surface area (Å²) in [4.78, 5) is 18.2. The molecule has 154 valence electrons. The van der Waals surface area contributed by atoms with Gasteiger partial charge in [0, 0.05) is 32.7 Å². The van der Waals surface area contributed by atoms with Crippen molar-refractivity contribution in [3.8, 4) is 0 Å². The molecule has 0 N–H and O–H groups in total. The molecule has 4 atom stereocenters. The van der Waals surface area contributed by atoms with Gasteiger partial charge < -0.3 is 4.90 Å². The maximum atomic E-state index is 13.5. The summed E-state index contributed by atoms with van der Waals surface area (Å²) in [6.45, 7) is 7.64. The fourth-order valence-electron chi connectivity index (χ4n) is 5.64. The molecule has 4 rings (SSSR count). The smallest absolute Gasteiger partial charge is 0.230 e. The van der Waals surface area contributed by atoms with Gasteiger partial charge in [-0.1, -0.05) is 74.5 Å². The molecule has 2 fully saturated rings. The molecule has 0 radical (unpaired) electrons. The third kappa shape index (κ3) is 4.25. The highest BCUT2D eigenvalue weighted by Gasteiger charge is 2.45. The van der Waals surface area contributed by atoms with E-state index in [0.29, 0.717) is 23.8 Å². The van der Waals surface area contributed by atoms with Gasteiger partial charge in [0.25, 0.3) is 0 Å². The van der Waals surface area contributed by atoms with Crippen molar-refractivity contribution in [2.24, 2.45) is 17.8 Å². The number of amides is 1. The van der Waals surface area contributed by atoms with Crippen LogP contribution < -0.4 is 0 Å². The molecule has 1 aliphatic carbocycles. The molecule has 2 aliphatic rings. The highest BCUT2D eigenvalue weighted by atomic mass is 16.2. The number of carbonyl (C=O) groups excluding carboxylic acids is 1. The lowest BCUT2D eigenvalue weighted by Gasteiger charge is -2.34. The molecule has 1 aliphatic heterocycles. The summed E-state index contributed by atoms with van der Waals surface area (Å²) in [5.74, 6) is 1.87. The second-order valence-electron chi connectivity index (χ2n) is 9.33. The monoisotopic (exact) mass is 390 g/mol. The van der Waals surface area contributed by atoms with E-state index in [4.69, 9.17) is 0 Å². The minimum atomic E-state index is -0.0536. The van der Waals surface area contributed by atoms with Gasteiger partial charge in [0.05, 0.1) is 5.92 Å². The second kappa shape index (κ2) is 8.71. The first-order valence-corrected chi connectivity index (χ1v) is 11.1. The summed E-state index contributed by atoms with van der Waals surface area (Å²) in [5.41, 5.74) is 2.53. The molecular formula is C26H34N2O. The Morgan fingerprint density at radius 1 is 1.00 bits per heavy atom. The van der Waals surface area contributed by atoms with Gasteiger partial charge >= 0.3 is 0 Å². The fourth-order valence-corrected chi connectivity index (χ4v) is 5.64. The third-order valence-electron chi connectivity index (χ3n) is 7.08. The summed E-state index contributed by atoms with van der Waals surface area (Å²) in [7, 11) is 2.05. The van der Waals surface area contributed by atoms with Gasteiger partial charge in [-0.05, 0) is 41.7 Å². The fraction of sp³-hybridized carbons (Fsp3) is 0.500. The highest BCUT2D eigenvalue weighted by molar-refractivity contribution is 5.84. The van der Waals surface area contributed by atoms with Gasteiger partial charge in [-0.25, -0.2) is 0 Å². The molecule has 1 saturated carbocycles. The van der Waals surface area contributed by atoms with Gasteiger partial charge in [0.15, 0.2) is 0 Å². The standard InChI is InChI=1S/C26H34N2O/c1-19(2)25(21-12-8-5-9-13-21)26(29)27(3)24-15-14-22-17-28(18-23(22)24)16-20-10-6-4-7-11-20/h4-13,19,22-25H,14-18H2,1-3H3/t22-,23-,24+,25?/m1/s1. The molecular weight excluding hydrogens is 356 g/mol. The molecule has 1 heterocycles. The Morgan fingerprint density at radius 3 is 2.31 bits per heavy atom. The molecule has 3 nitrogen and oxygen atoms in total. The third-order valence-corrected chi connectivity index (χ3v) is 7.08. The van der Waals surface area contributed by atoms with E-state index < -0.39 is 0 Å². The second-order valence-corrected chi connectivity index (χ2v) is 9.33. The van der Waals surface area contributed by atoms with Crippen molar-refractivity contribution in [1.29, 1.82) is 0 Å². The van der Waals surface area contributed by atoms with E-state index in [1.807, 2.05) is 25.2 Å². The molecule has 1 saturated heterocycles. The maximum Gasteiger partial charge on any atom is 0.230 e. The zero-order valence-electron chi connectivity index (χ0n) is 18.0. The first-order valence-electron chi connectivity index (χ1n) is 11.1. The van der Waals surface area contributed by atoms with Crippen molar-refractivity contribution in [1.82, 2.24) is 9.80 Å². The van der Waals surface area contributed by atoms with E-state index in [0.717, 1.165) is 31.0 Å². The van der Waals surface area contributed by atoms with Crippen LogP contribution in [0.1, 0.15) is 43.7 Å². The van der Waals surface area contributed by atoms with E-state index in [9.17, 15) is 4.79 Å².